The molecule has 9 unspecified atom stereocenters. The number of allylic oxidation sites excluding steroid dienone is 2. The molecule has 4 saturated heterocycles. The molecule has 12 rings (SSSR count). The summed E-state index contributed by atoms with van der Waals surface area (Å²) in [6.07, 6.45) is 45.9. The van der Waals surface area contributed by atoms with Crippen LogP contribution in [0.1, 0.15) is 391 Å². The molecule has 18 nitrogen and oxygen atoms in total. The number of likely N-dealkylation sites (tertiary alicyclic amines) is 4. The molecule has 18 heteroatoms. The number of hydrogen-bond acceptors (Lipinski definition) is 12. The molecular weight excluding hydrogens is 1480 g/mol. The van der Waals surface area contributed by atoms with Gasteiger partial charge < -0.3 is 9.47 Å². The summed E-state index contributed by atoms with van der Waals surface area (Å²) in [5.41, 5.74) is 3.11. The number of amides is 8. The minimum Gasteiger partial charge on any atom is -0.369 e. The number of hydrogen-bond donors (Lipinski definition) is 0. The number of rotatable bonds is 36. The van der Waals surface area contributed by atoms with Crippen LogP contribution in [0.3, 0.4) is 0 Å². The molecule has 0 spiro atoms. The number of anilines is 1. The number of para-hydroxylation sites is 2. The van der Waals surface area contributed by atoms with Gasteiger partial charge in [-0.05, 0) is 212 Å². The Morgan fingerprint density at radius 3 is 1.12 bits per heavy atom. The number of carbonyl (C=O) groups excluding carboxylic acids is 8. The number of carbonyl (C=O) groups is 8. The second-order valence-electron chi connectivity index (χ2n) is 38.0. The summed E-state index contributed by atoms with van der Waals surface area (Å²) in [5, 5.41) is 8.63. The SMILES string of the molecule is CC.CCCC(C)(CCC)N(C)c1ccccc1.CCCC(C)(CCC)N1C(=O)C2C3C=CC(C3)C2C1=O.CCCC(C)(CCC)N1C(=O)C2C3CCC(C3)C2C1=O.CCCC(C)(CCC)N1C(=O)CC(C)C1=O.CCCC(C)(CCC)N1C(=O)CCC1=O.CCCC(C)(CCC)n1ccnc1.CCCC(C)(CCC)n1nnc2ccccc21. The summed E-state index contributed by atoms with van der Waals surface area (Å²) in [7, 11) is 2.22. The van der Waals surface area contributed by atoms with E-state index in [1.807, 2.05) is 59.3 Å². The molecule has 3 saturated carbocycles. The van der Waals surface area contributed by atoms with Crippen molar-refractivity contribution in [2.24, 2.45) is 53.3 Å². The summed E-state index contributed by atoms with van der Waals surface area (Å²) in [6.45, 7) is 51.6. The van der Waals surface area contributed by atoms with Gasteiger partial charge in [-0.25, -0.2) is 9.67 Å². The average Bonchev–Trinajstić information content (AvgIpc) is 1.56. The molecule has 9 atom stereocenters. The maximum Gasteiger partial charge on any atom is 0.234 e. The van der Waals surface area contributed by atoms with Gasteiger partial charge in [0.2, 0.25) is 47.3 Å². The number of imide groups is 4. The first-order valence-electron chi connectivity index (χ1n) is 47.9. The number of benzene rings is 2. The highest BCUT2D eigenvalue weighted by molar-refractivity contribution is 6.08. The van der Waals surface area contributed by atoms with Crippen LogP contribution in [0.2, 0.25) is 0 Å². The lowest BCUT2D eigenvalue weighted by Gasteiger charge is -2.41. The highest BCUT2D eigenvalue weighted by Crippen LogP contribution is 2.58. The third-order valence-electron chi connectivity index (χ3n) is 28.0. The smallest absolute Gasteiger partial charge is 0.234 e. The van der Waals surface area contributed by atoms with Crippen LogP contribution in [0, 0.1) is 53.3 Å². The first kappa shape index (κ1) is 103. The van der Waals surface area contributed by atoms with Gasteiger partial charge in [-0.3, -0.25) is 58.0 Å². The third-order valence-corrected chi connectivity index (χ3v) is 28.0. The van der Waals surface area contributed by atoms with Crippen molar-refractivity contribution in [2.45, 2.75) is 430 Å². The van der Waals surface area contributed by atoms with Crippen molar-refractivity contribution in [3.8, 4) is 0 Å². The van der Waals surface area contributed by atoms with Gasteiger partial charge in [0.25, 0.3) is 0 Å². The zero-order valence-corrected chi connectivity index (χ0v) is 79.8. The molecule has 7 fully saturated rings. The van der Waals surface area contributed by atoms with Gasteiger partial charge in [0.05, 0.1) is 41.1 Å². The van der Waals surface area contributed by atoms with E-state index in [9.17, 15) is 38.4 Å². The molecule has 4 aliphatic heterocycles. The van der Waals surface area contributed by atoms with Crippen LogP contribution in [0.4, 0.5) is 5.69 Å². The van der Waals surface area contributed by atoms with Crippen LogP contribution in [0.25, 0.3) is 11.0 Å². The lowest BCUT2D eigenvalue weighted by molar-refractivity contribution is -0.150. The minimum absolute atomic E-state index is 0.0156. The van der Waals surface area contributed by atoms with E-state index in [2.05, 4.69) is 229 Å². The average molecular weight is 1650 g/mol. The molecule has 4 aromatic rings. The monoisotopic (exact) mass is 1650 g/mol. The summed E-state index contributed by atoms with van der Waals surface area (Å²) < 4.78 is 4.37. The standard InChI is InChI=1S/C17H27NO2.C17H25NO2.C15H25N.C14H21N3.C13H23NO2.C12H21NO2.C11H20N2.C2H6/c2*1-4-8-17(3,9-5-2)18-15(19)13-11-6-7-12(10-11)14(13)16(18)20;1-5-12-15(3,13-6-2)16(4)14-10-8-7-9-11-14;1-4-10-14(3,11-5-2)17-13-9-7-6-8-12(13)15-16-17;1-5-7-13(4,8-6-2)14-11(15)9-10(3)12(14)16;1-4-8-12(3,9-5-2)13-10(14)6-7-11(13)15;1-4-6-11(3,7-5-2)13-9-8-12-10-13;1-2/h11-14H,4-10H2,1-3H3;6-7,11-14H,4-5,8-10H2,1-3H3;7-11H,5-6,12-13H2,1-4H3;6-9H,4-5,10-11H2,1-3H3;10H,5-9H2,1-4H3;4-9H2,1-3H3;8-10H,4-7H2,1-3H3;1-2H3. The van der Waals surface area contributed by atoms with E-state index in [0.717, 1.165) is 152 Å². The molecule has 8 aliphatic rings. The molecule has 0 N–H and O–H groups in total. The summed E-state index contributed by atoms with van der Waals surface area (Å²) in [4.78, 5) is 112. The van der Waals surface area contributed by atoms with Gasteiger partial charge in [0, 0.05) is 83.5 Å². The van der Waals surface area contributed by atoms with Crippen molar-refractivity contribution in [1.82, 2.24) is 44.1 Å². The first-order valence-corrected chi connectivity index (χ1v) is 47.9. The Morgan fingerprint density at radius 1 is 0.395 bits per heavy atom. The van der Waals surface area contributed by atoms with Crippen molar-refractivity contribution < 1.29 is 38.4 Å². The lowest BCUT2D eigenvalue weighted by atomic mass is 9.81. The third kappa shape index (κ3) is 24.4. The van der Waals surface area contributed by atoms with E-state index in [0.29, 0.717) is 48.5 Å². The maximum absolute atomic E-state index is 12.9. The van der Waals surface area contributed by atoms with Crippen molar-refractivity contribution in [3.63, 3.8) is 0 Å². The number of imidazole rings is 1. The minimum atomic E-state index is -0.276. The largest absolute Gasteiger partial charge is 0.369 e. The molecule has 4 bridgehead atoms. The quantitative estimate of drug-likeness (QED) is 0.0308. The van der Waals surface area contributed by atoms with Crippen molar-refractivity contribution in [3.05, 3.63) is 85.5 Å². The van der Waals surface area contributed by atoms with Gasteiger partial charge in [0.15, 0.2) is 0 Å². The summed E-state index contributed by atoms with van der Waals surface area (Å²) in [6, 6.07) is 18.9. The van der Waals surface area contributed by atoms with Crippen LogP contribution in [0.15, 0.2) is 85.5 Å². The van der Waals surface area contributed by atoms with E-state index < -0.39 is 0 Å². The van der Waals surface area contributed by atoms with Gasteiger partial charge in [0.1, 0.15) is 5.52 Å². The van der Waals surface area contributed by atoms with Gasteiger partial charge in [-0.1, -0.05) is 255 Å². The van der Waals surface area contributed by atoms with Crippen LogP contribution in [-0.2, 0) is 49.4 Å². The topological polar surface area (TPSA) is 201 Å². The van der Waals surface area contributed by atoms with E-state index >= 15 is 0 Å². The Morgan fingerprint density at radius 2 is 0.748 bits per heavy atom. The van der Waals surface area contributed by atoms with Gasteiger partial charge in [-0.2, -0.15) is 0 Å². The van der Waals surface area contributed by atoms with Crippen LogP contribution < -0.4 is 4.90 Å². The second kappa shape index (κ2) is 47.7. The fourth-order valence-corrected chi connectivity index (χ4v) is 22.8. The Balaban J connectivity index is 0.000000247. The fourth-order valence-electron chi connectivity index (χ4n) is 22.8. The van der Waals surface area contributed by atoms with Crippen molar-refractivity contribution >= 4 is 64.0 Å². The van der Waals surface area contributed by atoms with Crippen LogP contribution in [0.5, 0.6) is 0 Å². The van der Waals surface area contributed by atoms with Gasteiger partial charge in [-0.15, -0.1) is 5.10 Å². The Kier molecular flexibility index (Phi) is 41.2. The Bertz CT molecular complexity index is 3670. The predicted molar refractivity (Wildman–Crippen MR) is 490 cm³/mol. The number of aromatic nitrogens is 5. The molecular formula is C101H168N10O8. The molecule has 2 aromatic carbocycles. The molecule has 8 amide bonds. The predicted octanol–water partition coefficient (Wildman–Crippen LogP) is 24.2. The zero-order valence-electron chi connectivity index (χ0n) is 79.8. The molecule has 0 radical (unpaired) electrons. The van der Waals surface area contributed by atoms with Crippen LogP contribution in [-0.4, -0.2) is 126 Å². The first-order chi connectivity index (χ1) is 56.6. The molecule has 2 aromatic heterocycles. The van der Waals surface area contributed by atoms with E-state index in [1.54, 1.807) is 14.7 Å². The fraction of sp³-hybridized carbons (Fsp3) is 0.752. The molecule has 4 aliphatic carbocycles. The normalized spacial score (nSPS) is 21.8. The Hall–Kier alpha value is -6.85. The van der Waals surface area contributed by atoms with E-state index in [4.69, 9.17) is 0 Å². The number of fused-ring (bicyclic) bond motifs is 11. The van der Waals surface area contributed by atoms with Gasteiger partial charge >= 0.3 is 0 Å². The van der Waals surface area contributed by atoms with Crippen LogP contribution >= 0.6 is 0 Å². The highest BCUT2D eigenvalue weighted by atomic mass is 16.2. The van der Waals surface area contributed by atoms with E-state index in [1.165, 1.54) is 74.8 Å². The number of nitrogens with zero attached hydrogens (tertiary/aromatic N) is 10. The van der Waals surface area contributed by atoms with Crippen molar-refractivity contribution in [2.75, 3.05) is 11.9 Å². The highest BCUT2D eigenvalue weighted by Gasteiger charge is 2.64. The summed E-state index contributed by atoms with van der Waals surface area (Å²) in [5.74, 6) is 2.11. The molecule has 119 heavy (non-hydrogen) atoms. The Labute approximate surface area is 722 Å². The second-order valence-corrected chi connectivity index (χ2v) is 38.0. The lowest BCUT2D eigenvalue weighted by Crippen LogP contribution is -2.50. The molecule has 670 valence electrons. The van der Waals surface area contributed by atoms with E-state index in [-0.39, 0.29) is 110 Å². The molecule has 6 heterocycles. The van der Waals surface area contributed by atoms with Crippen molar-refractivity contribution in [1.29, 1.82) is 0 Å². The summed E-state index contributed by atoms with van der Waals surface area (Å²) >= 11 is 0. The zero-order chi connectivity index (χ0) is 88.9. The maximum atomic E-state index is 12.9.